The lowest BCUT2D eigenvalue weighted by Crippen LogP contribution is -2.56. The molecule has 0 bridgehead atoms. The fraction of sp³-hybridized carbons (Fsp3) is 0.304. The summed E-state index contributed by atoms with van der Waals surface area (Å²) in [6, 6.07) is 8.96. The van der Waals surface area contributed by atoms with E-state index in [1.165, 1.54) is 43.0 Å². The second-order valence-corrected chi connectivity index (χ2v) is 8.87. The number of hydrogen-bond acceptors (Lipinski definition) is 10. The number of ether oxygens (including phenoxy) is 3. The highest BCUT2D eigenvalue weighted by Crippen LogP contribution is 2.39. The number of carbonyl (C=O) groups is 2. The first-order valence-electron chi connectivity index (χ1n) is 10.6. The Hall–Kier alpha value is -3.86. The Labute approximate surface area is 209 Å². The molecule has 1 amide bonds. The van der Waals surface area contributed by atoms with Crippen molar-refractivity contribution < 1.29 is 28.2 Å². The lowest BCUT2D eigenvalue weighted by Gasteiger charge is -2.40. The molecule has 1 saturated heterocycles. The number of aromatic amines is 1. The molecule has 1 fully saturated rings. The molecule has 1 aromatic carbocycles. The van der Waals surface area contributed by atoms with Gasteiger partial charge >= 0.3 is 11.8 Å². The third-order valence-corrected chi connectivity index (χ3v) is 6.04. The molecule has 0 aliphatic carbocycles. The molecule has 186 valence electrons. The minimum absolute atomic E-state index is 0.0823. The number of amides is 1. The van der Waals surface area contributed by atoms with Gasteiger partial charge in [-0.2, -0.15) is 5.26 Å². The van der Waals surface area contributed by atoms with E-state index in [-0.39, 0.29) is 19.0 Å². The van der Waals surface area contributed by atoms with Gasteiger partial charge in [-0.15, -0.1) is 0 Å². The normalized spacial score (nSPS) is 21.5. The van der Waals surface area contributed by atoms with Gasteiger partial charge in [-0.3, -0.25) is 9.59 Å². The van der Waals surface area contributed by atoms with E-state index in [1.54, 1.807) is 18.3 Å². The predicted molar refractivity (Wildman–Crippen MR) is 124 cm³/mol. The van der Waals surface area contributed by atoms with Crippen molar-refractivity contribution in [1.82, 2.24) is 19.9 Å². The molecule has 1 aliphatic rings. The van der Waals surface area contributed by atoms with Crippen LogP contribution in [0.25, 0.3) is 22.6 Å². The summed E-state index contributed by atoms with van der Waals surface area (Å²) in [5.41, 5.74) is 6.12. The number of carbonyl (C=O) groups excluding carboxylic acids is 2. The van der Waals surface area contributed by atoms with Gasteiger partial charge in [-0.05, 0) is 43.5 Å². The minimum Gasteiger partial charge on any atom is -0.450 e. The van der Waals surface area contributed by atoms with Gasteiger partial charge in [0.15, 0.2) is 17.6 Å². The van der Waals surface area contributed by atoms with Crippen LogP contribution < -0.4 is 5.73 Å². The highest BCUT2D eigenvalue weighted by atomic mass is 32.2. The van der Waals surface area contributed by atoms with Crippen molar-refractivity contribution >= 4 is 23.6 Å². The Morgan fingerprint density at radius 3 is 2.56 bits per heavy atom. The summed E-state index contributed by atoms with van der Waals surface area (Å²) in [7, 11) is 0. The van der Waals surface area contributed by atoms with Crippen molar-refractivity contribution in [2.75, 3.05) is 26.1 Å². The maximum absolute atomic E-state index is 13.6. The molecule has 0 spiro atoms. The third-order valence-electron chi connectivity index (χ3n) is 5.48. The van der Waals surface area contributed by atoms with Crippen LogP contribution in [0.5, 0.6) is 0 Å². The van der Waals surface area contributed by atoms with Gasteiger partial charge in [-0.1, -0.05) is 11.8 Å². The van der Waals surface area contributed by atoms with Crippen LogP contribution in [0.1, 0.15) is 12.7 Å². The molecule has 4 rings (SSSR count). The van der Waals surface area contributed by atoms with E-state index in [9.17, 15) is 14.0 Å². The Morgan fingerprint density at radius 2 is 1.94 bits per heavy atom. The average Bonchev–Trinajstić information content (AvgIpc) is 3.34. The third kappa shape index (κ3) is 4.66. The van der Waals surface area contributed by atoms with Crippen molar-refractivity contribution in [3.8, 4) is 28.7 Å². The number of H-pyrrole nitrogens is 1. The number of nitriles is 1. The van der Waals surface area contributed by atoms with Crippen molar-refractivity contribution in [2.24, 2.45) is 11.1 Å². The molecule has 0 radical (unpaired) electrons. The summed E-state index contributed by atoms with van der Waals surface area (Å²) < 4.78 is 30.0. The van der Waals surface area contributed by atoms with Gasteiger partial charge in [0.25, 0.3) is 5.91 Å². The maximum atomic E-state index is 13.6. The van der Waals surface area contributed by atoms with E-state index in [2.05, 4.69) is 19.9 Å². The molecule has 13 heteroatoms. The summed E-state index contributed by atoms with van der Waals surface area (Å²) in [5, 5.41) is 9.17. The first-order valence-corrected chi connectivity index (χ1v) is 11.8. The molecule has 0 unspecified atom stereocenters. The molecule has 1 aliphatic heterocycles. The molecule has 3 aromatic rings. The van der Waals surface area contributed by atoms with Crippen LogP contribution in [0.2, 0.25) is 0 Å². The Balaban J connectivity index is 1.78. The first-order chi connectivity index (χ1) is 17.2. The lowest BCUT2D eigenvalue weighted by molar-refractivity contribution is -0.293. The van der Waals surface area contributed by atoms with Gasteiger partial charge in [0.2, 0.25) is 0 Å². The quantitative estimate of drug-likeness (QED) is 0.272. The fourth-order valence-electron chi connectivity index (χ4n) is 3.50. The van der Waals surface area contributed by atoms with Crippen LogP contribution in [0, 0.1) is 22.6 Å². The van der Waals surface area contributed by atoms with Crippen molar-refractivity contribution in [3.05, 3.63) is 48.2 Å². The van der Waals surface area contributed by atoms with Crippen LogP contribution in [0.3, 0.4) is 0 Å². The Kier molecular flexibility index (Phi) is 7.02. The summed E-state index contributed by atoms with van der Waals surface area (Å²) in [5.74, 6) is -4.40. The van der Waals surface area contributed by atoms with E-state index in [1.807, 2.05) is 6.26 Å². The Bertz CT molecular complexity index is 1330. The second kappa shape index (κ2) is 10.0. The number of benzene rings is 1. The largest absolute Gasteiger partial charge is 0.450 e. The zero-order valence-electron chi connectivity index (χ0n) is 19.3. The number of nitrogens with one attached hydrogen (secondary N) is 1. The van der Waals surface area contributed by atoms with Gasteiger partial charge in [0.1, 0.15) is 17.3 Å². The van der Waals surface area contributed by atoms with Crippen LogP contribution in [0.15, 0.2) is 41.7 Å². The number of primary amides is 1. The smallest absolute Gasteiger partial charge is 0.317 e. The lowest BCUT2D eigenvalue weighted by atomic mass is 9.91. The number of thioether (sulfide) groups is 1. The minimum atomic E-state index is -2.16. The molecule has 3 heterocycles. The summed E-state index contributed by atoms with van der Waals surface area (Å²) >= 11 is 1.33. The van der Waals surface area contributed by atoms with Crippen LogP contribution in [-0.4, -0.2) is 57.9 Å². The van der Waals surface area contributed by atoms with Gasteiger partial charge in [-0.25, -0.2) is 19.3 Å². The van der Waals surface area contributed by atoms with Crippen molar-refractivity contribution in [3.63, 3.8) is 0 Å². The molecule has 11 nitrogen and oxygen atoms in total. The molecule has 3 N–H and O–H groups in total. The molecule has 36 heavy (non-hydrogen) atoms. The number of nitrogens with zero attached hydrogens (tertiary/aromatic N) is 4. The molecule has 2 aromatic heterocycles. The van der Waals surface area contributed by atoms with Crippen molar-refractivity contribution in [1.29, 1.82) is 5.26 Å². The van der Waals surface area contributed by atoms with Gasteiger partial charge in [0, 0.05) is 11.8 Å². The summed E-state index contributed by atoms with van der Waals surface area (Å²) in [6.07, 6.45) is 3.39. The molecule has 0 atom stereocenters. The summed E-state index contributed by atoms with van der Waals surface area (Å²) in [4.78, 5) is 41.3. The van der Waals surface area contributed by atoms with E-state index in [0.29, 0.717) is 27.8 Å². The van der Waals surface area contributed by atoms with E-state index >= 15 is 0 Å². The number of halogens is 1. The average molecular weight is 513 g/mol. The number of nitrogens with two attached hydrogens (primary N) is 1. The number of aromatic nitrogens is 4. The highest BCUT2D eigenvalue weighted by Gasteiger charge is 2.54. The highest BCUT2D eigenvalue weighted by molar-refractivity contribution is 7.98. The zero-order valence-corrected chi connectivity index (χ0v) is 20.1. The number of rotatable bonds is 7. The topological polar surface area (TPSA) is 166 Å². The van der Waals surface area contributed by atoms with Crippen LogP contribution in [0.4, 0.5) is 4.39 Å². The van der Waals surface area contributed by atoms with E-state index in [4.69, 9.17) is 25.2 Å². The molecular weight excluding hydrogens is 491 g/mol. The number of esters is 1. The van der Waals surface area contributed by atoms with Crippen LogP contribution >= 0.6 is 11.8 Å². The number of imidazole rings is 1. The maximum Gasteiger partial charge on any atom is 0.317 e. The second-order valence-electron chi connectivity index (χ2n) is 8.10. The van der Waals surface area contributed by atoms with Gasteiger partial charge in [0.05, 0.1) is 30.3 Å². The van der Waals surface area contributed by atoms with Crippen molar-refractivity contribution in [2.45, 2.75) is 17.9 Å². The zero-order chi connectivity index (χ0) is 25.9. The number of hydrogen-bond donors (Lipinski definition) is 2. The van der Waals surface area contributed by atoms with E-state index in [0.717, 1.165) is 0 Å². The van der Waals surface area contributed by atoms with Gasteiger partial charge < -0.3 is 24.9 Å². The molecule has 0 saturated carbocycles. The van der Waals surface area contributed by atoms with Crippen LogP contribution in [-0.2, 0) is 29.6 Å². The SMILES string of the molecule is CSc1nccc(-c2[nH]c(C3(C(N)=O)OCC(C)(C(=O)OCC#N)CO3)nc2-c2ccc(F)cc2)n1. The predicted octanol–water partition coefficient (Wildman–Crippen LogP) is 2.15. The van der Waals surface area contributed by atoms with E-state index < -0.39 is 35.5 Å². The standard InChI is InChI=1S/C23H21FN6O5S/c1-22(20(32)33-10-8-25)11-34-23(18(26)31,35-12-22)19-29-16(13-3-5-14(24)6-4-13)17(30-19)15-7-9-27-21(28-15)36-2/h3-7,9H,10-12H2,1-2H3,(H2,26,31)(H,29,30). The summed E-state index contributed by atoms with van der Waals surface area (Å²) in [6.45, 7) is 0.480. The molecular formula is C23H21FN6O5S. The monoisotopic (exact) mass is 512 g/mol. The Morgan fingerprint density at radius 1 is 1.25 bits per heavy atom. The fourth-order valence-corrected chi connectivity index (χ4v) is 3.86. The first kappa shape index (κ1) is 25.2.